The van der Waals surface area contributed by atoms with E-state index in [9.17, 15) is 4.79 Å². The molecule has 5 heteroatoms. The monoisotopic (exact) mass is 384 g/mol. The molecule has 0 aliphatic heterocycles. The van der Waals surface area contributed by atoms with Gasteiger partial charge in [0.15, 0.2) is 0 Å². The number of nitrogens with zero attached hydrogens (tertiary/aromatic N) is 1. The molecular weight excluding hydrogens is 352 g/mol. The number of ether oxygens (including phenoxy) is 2. The molecule has 1 aliphatic carbocycles. The van der Waals surface area contributed by atoms with Crippen molar-refractivity contribution in [2.75, 3.05) is 25.6 Å². The van der Waals surface area contributed by atoms with Gasteiger partial charge in [0.1, 0.15) is 12.4 Å². The van der Waals surface area contributed by atoms with Crippen molar-refractivity contribution in [2.45, 2.75) is 58.9 Å². The van der Waals surface area contributed by atoms with Crippen molar-refractivity contribution >= 4 is 11.6 Å². The topological polar surface area (TPSA) is 52.5 Å². The average Bonchev–Trinajstić information content (AvgIpc) is 2.99. The number of benzene rings is 1. The van der Waals surface area contributed by atoms with Gasteiger partial charge in [-0.15, -0.1) is 0 Å². The third-order valence-electron chi connectivity index (χ3n) is 5.60. The molecule has 0 unspecified atom stereocenters. The van der Waals surface area contributed by atoms with Gasteiger partial charge in [-0.3, -0.25) is 4.79 Å². The van der Waals surface area contributed by atoms with E-state index in [0.717, 1.165) is 22.5 Å². The van der Waals surface area contributed by atoms with E-state index in [1.165, 1.54) is 32.1 Å². The van der Waals surface area contributed by atoms with Crippen molar-refractivity contribution < 1.29 is 14.3 Å². The summed E-state index contributed by atoms with van der Waals surface area (Å²) in [5, 5.41) is 3.05. The van der Waals surface area contributed by atoms with Crippen molar-refractivity contribution in [2.24, 2.45) is 0 Å². The maximum atomic E-state index is 13.0. The van der Waals surface area contributed by atoms with E-state index in [0.29, 0.717) is 30.7 Å². The predicted molar refractivity (Wildman–Crippen MR) is 113 cm³/mol. The number of rotatable bonds is 7. The van der Waals surface area contributed by atoms with Crippen LogP contribution < -0.4 is 10.1 Å². The molecular formula is C23H32N2O3. The van der Waals surface area contributed by atoms with Gasteiger partial charge in [0.2, 0.25) is 0 Å². The lowest BCUT2D eigenvalue weighted by Crippen LogP contribution is -2.18. The molecule has 3 rings (SSSR count). The van der Waals surface area contributed by atoms with E-state index in [1.807, 2.05) is 31.2 Å². The number of anilines is 1. The number of amides is 1. The first-order chi connectivity index (χ1) is 13.5. The fraction of sp³-hybridized carbons (Fsp3) is 0.522. The number of hydrogen-bond donors (Lipinski definition) is 1. The molecule has 1 heterocycles. The van der Waals surface area contributed by atoms with Crippen LogP contribution in [0.25, 0.3) is 0 Å². The summed E-state index contributed by atoms with van der Waals surface area (Å²) >= 11 is 0. The number of methoxy groups -OCH3 is 1. The first kappa shape index (κ1) is 20.5. The smallest absolute Gasteiger partial charge is 0.257 e. The van der Waals surface area contributed by atoms with Crippen molar-refractivity contribution in [3.8, 4) is 5.75 Å². The van der Waals surface area contributed by atoms with E-state index in [4.69, 9.17) is 9.47 Å². The first-order valence-corrected chi connectivity index (χ1v) is 10.2. The van der Waals surface area contributed by atoms with Crippen LogP contribution in [0, 0.1) is 20.8 Å². The van der Waals surface area contributed by atoms with Crippen LogP contribution in [0.3, 0.4) is 0 Å². The van der Waals surface area contributed by atoms with E-state index in [-0.39, 0.29) is 5.91 Å². The molecule has 1 aliphatic rings. The highest BCUT2D eigenvalue weighted by atomic mass is 16.5. The molecule has 28 heavy (non-hydrogen) atoms. The summed E-state index contributed by atoms with van der Waals surface area (Å²) in [5.74, 6) is 0.585. The van der Waals surface area contributed by atoms with Gasteiger partial charge in [0.25, 0.3) is 5.91 Å². The van der Waals surface area contributed by atoms with Gasteiger partial charge in [-0.2, -0.15) is 0 Å². The summed E-state index contributed by atoms with van der Waals surface area (Å²) in [7, 11) is 1.64. The first-order valence-electron chi connectivity index (χ1n) is 10.2. The second-order valence-corrected chi connectivity index (χ2v) is 7.74. The molecule has 0 bridgehead atoms. The molecule has 1 fully saturated rings. The number of carbonyl (C=O) groups excluding carboxylic acids is 1. The molecule has 1 aromatic carbocycles. The third-order valence-corrected chi connectivity index (χ3v) is 5.60. The van der Waals surface area contributed by atoms with Crippen LogP contribution in [-0.4, -0.2) is 30.8 Å². The Hall–Kier alpha value is -2.27. The number of nitrogens with one attached hydrogen (secondary N) is 1. The van der Waals surface area contributed by atoms with E-state index < -0.39 is 0 Å². The van der Waals surface area contributed by atoms with Crippen LogP contribution >= 0.6 is 0 Å². The quantitative estimate of drug-likeness (QED) is 0.668. The normalized spacial score (nSPS) is 14.9. The zero-order valence-corrected chi connectivity index (χ0v) is 17.5. The average molecular weight is 385 g/mol. The SMILES string of the molecule is COCCOc1cc(C)ccc1NC(=O)c1cc(C)n(C2CCCCC2)c1C. The second kappa shape index (κ2) is 9.28. The summed E-state index contributed by atoms with van der Waals surface area (Å²) < 4.78 is 13.2. The summed E-state index contributed by atoms with van der Waals surface area (Å²) in [6.45, 7) is 7.11. The fourth-order valence-corrected chi connectivity index (χ4v) is 4.18. The zero-order valence-electron chi connectivity index (χ0n) is 17.5. The molecule has 1 N–H and O–H groups in total. The van der Waals surface area contributed by atoms with Crippen molar-refractivity contribution in [3.63, 3.8) is 0 Å². The van der Waals surface area contributed by atoms with Crippen molar-refractivity contribution in [1.29, 1.82) is 0 Å². The Morgan fingerprint density at radius 1 is 1.11 bits per heavy atom. The Bertz CT molecular complexity index is 819. The summed E-state index contributed by atoms with van der Waals surface area (Å²) in [5.41, 5.74) is 4.73. The number of aryl methyl sites for hydroxylation is 2. The van der Waals surface area contributed by atoms with Crippen LogP contribution in [0.2, 0.25) is 0 Å². The summed E-state index contributed by atoms with van der Waals surface area (Å²) in [6, 6.07) is 8.34. The van der Waals surface area contributed by atoms with Crippen molar-refractivity contribution in [3.05, 3.63) is 46.8 Å². The maximum absolute atomic E-state index is 13.0. The standard InChI is InChI=1S/C23H32N2O3/c1-16-10-11-21(22(14-16)28-13-12-27-4)24-23(26)20-15-17(2)25(18(20)3)19-8-6-5-7-9-19/h10-11,14-15,19H,5-9,12-13H2,1-4H3,(H,24,26). The minimum atomic E-state index is -0.0874. The van der Waals surface area contributed by atoms with Gasteiger partial charge in [-0.1, -0.05) is 25.3 Å². The van der Waals surface area contributed by atoms with Crippen LogP contribution in [0.15, 0.2) is 24.3 Å². The molecule has 152 valence electrons. The van der Waals surface area contributed by atoms with Crippen molar-refractivity contribution in [1.82, 2.24) is 4.57 Å². The van der Waals surface area contributed by atoms with Crippen LogP contribution in [0.1, 0.15) is 65.5 Å². The Morgan fingerprint density at radius 3 is 2.57 bits per heavy atom. The molecule has 1 saturated carbocycles. The van der Waals surface area contributed by atoms with Crippen LogP contribution in [0.4, 0.5) is 5.69 Å². The van der Waals surface area contributed by atoms with Gasteiger partial charge in [-0.25, -0.2) is 0 Å². The summed E-state index contributed by atoms with van der Waals surface area (Å²) in [6.07, 6.45) is 6.27. The van der Waals surface area contributed by atoms with Gasteiger partial charge >= 0.3 is 0 Å². The number of carbonyl (C=O) groups is 1. The molecule has 1 aromatic heterocycles. The highest BCUT2D eigenvalue weighted by Crippen LogP contribution is 2.33. The van der Waals surface area contributed by atoms with Gasteiger partial charge in [0.05, 0.1) is 17.9 Å². The van der Waals surface area contributed by atoms with Gasteiger partial charge in [-0.05, 0) is 57.4 Å². The lowest BCUT2D eigenvalue weighted by Gasteiger charge is -2.26. The maximum Gasteiger partial charge on any atom is 0.257 e. The number of hydrogen-bond acceptors (Lipinski definition) is 3. The highest BCUT2D eigenvalue weighted by Gasteiger charge is 2.23. The minimum Gasteiger partial charge on any atom is -0.489 e. The molecule has 2 aromatic rings. The van der Waals surface area contributed by atoms with Crippen LogP contribution in [0.5, 0.6) is 5.75 Å². The lowest BCUT2D eigenvalue weighted by molar-refractivity contribution is 0.102. The Morgan fingerprint density at radius 2 is 1.86 bits per heavy atom. The molecule has 0 saturated heterocycles. The molecule has 0 spiro atoms. The zero-order chi connectivity index (χ0) is 20.1. The second-order valence-electron chi connectivity index (χ2n) is 7.74. The van der Waals surface area contributed by atoms with Gasteiger partial charge in [0, 0.05) is 24.5 Å². The van der Waals surface area contributed by atoms with Crippen LogP contribution in [-0.2, 0) is 4.74 Å². The third kappa shape index (κ3) is 4.58. The fourth-order valence-electron chi connectivity index (χ4n) is 4.18. The van der Waals surface area contributed by atoms with E-state index in [2.05, 4.69) is 23.7 Å². The van der Waals surface area contributed by atoms with E-state index in [1.54, 1.807) is 7.11 Å². The predicted octanol–water partition coefficient (Wildman–Crippen LogP) is 5.20. The molecule has 1 amide bonds. The molecule has 5 nitrogen and oxygen atoms in total. The summed E-state index contributed by atoms with van der Waals surface area (Å²) in [4.78, 5) is 13.0. The number of aromatic nitrogens is 1. The van der Waals surface area contributed by atoms with Gasteiger partial charge < -0.3 is 19.4 Å². The Labute approximate surface area is 168 Å². The molecule has 0 radical (unpaired) electrons. The highest BCUT2D eigenvalue weighted by molar-refractivity contribution is 6.06. The largest absolute Gasteiger partial charge is 0.489 e. The minimum absolute atomic E-state index is 0.0874. The Kier molecular flexibility index (Phi) is 6.79. The Balaban J connectivity index is 1.80. The lowest BCUT2D eigenvalue weighted by atomic mass is 9.95. The van der Waals surface area contributed by atoms with E-state index >= 15 is 0 Å². The molecule has 0 atom stereocenters.